The summed E-state index contributed by atoms with van der Waals surface area (Å²) in [6.45, 7) is 9.05. The molecule has 4 N–H and O–H groups in total. The maximum Gasteiger partial charge on any atom is 0.329 e. The maximum atomic E-state index is 13.7. The van der Waals surface area contributed by atoms with Crippen molar-refractivity contribution in [2.24, 2.45) is 0 Å². The van der Waals surface area contributed by atoms with Gasteiger partial charge in [-0.2, -0.15) is 0 Å². The van der Waals surface area contributed by atoms with E-state index in [0.29, 0.717) is 22.9 Å². The van der Waals surface area contributed by atoms with Crippen LogP contribution in [0.25, 0.3) is 22.5 Å². The number of nitrogens with one attached hydrogen (secondary N) is 2. The molecule has 0 bridgehead atoms. The summed E-state index contributed by atoms with van der Waals surface area (Å²) in [5.74, 6) is -1.32. The van der Waals surface area contributed by atoms with Crippen molar-refractivity contribution in [3.63, 3.8) is 0 Å². The number of amides is 2. The fraction of sp³-hybridized carbons (Fsp3) is 0.349. The van der Waals surface area contributed by atoms with Crippen molar-refractivity contribution < 1.29 is 29.3 Å². The minimum Gasteiger partial charge on any atom is -0.494 e. The number of hydrogen-bond donors (Lipinski definition) is 4. The van der Waals surface area contributed by atoms with Crippen LogP contribution in [0.2, 0.25) is 0 Å². The molecule has 11 nitrogen and oxygen atoms in total. The maximum absolute atomic E-state index is 13.7. The molecule has 3 unspecified atom stereocenters. The van der Waals surface area contributed by atoms with Gasteiger partial charge in [-0.1, -0.05) is 95.8 Å². The molecule has 2 aromatic carbocycles. The number of aliphatic carboxylic acids is 1. The third-order valence-electron chi connectivity index (χ3n) is 9.10. The molecule has 0 aliphatic rings. The molecule has 0 radical (unpaired) electrons. The Morgan fingerprint density at radius 3 is 2.13 bits per heavy atom. The molecule has 12 heteroatoms. The van der Waals surface area contributed by atoms with E-state index in [2.05, 4.69) is 32.5 Å². The molecule has 5 aromatic rings. The van der Waals surface area contributed by atoms with Gasteiger partial charge in [0.25, 0.3) is 5.91 Å². The number of carbonyl (C=O) groups excluding carboxylic acids is 2. The quantitative estimate of drug-likeness (QED) is 0.0660. The van der Waals surface area contributed by atoms with Crippen LogP contribution in [-0.4, -0.2) is 61.6 Å². The van der Waals surface area contributed by atoms with Crippen molar-refractivity contribution in [3.8, 4) is 28.3 Å². The van der Waals surface area contributed by atoms with Crippen molar-refractivity contribution in [2.45, 2.75) is 89.8 Å². The predicted molar refractivity (Wildman–Crippen MR) is 214 cm³/mol. The average Bonchev–Trinajstić information content (AvgIpc) is 3.71. The monoisotopic (exact) mass is 763 g/mol. The summed E-state index contributed by atoms with van der Waals surface area (Å²) in [5.41, 5.74) is 3.34. The molecule has 2 amide bonds. The van der Waals surface area contributed by atoms with Gasteiger partial charge in [0.2, 0.25) is 5.91 Å². The summed E-state index contributed by atoms with van der Waals surface area (Å²) in [6, 6.07) is 19.0. The highest BCUT2D eigenvalue weighted by Crippen LogP contribution is 2.30. The fourth-order valence-electron chi connectivity index (χ4n) is 5.87. The normalized spacial score (nSPS) is 13.0. The lowest BCUT2D eigenvalue weighted by molar-refractivity contribution is -0.145. The predicted octanol–water partition coefficient (Wildman–Crippen LogP) is 7.56. The number of nitrogens with zero attached hydrogens (tertiary/aromatic N) is 3. The van der Waals surface area contributed by atoms with Gasteiger partial charge >= 0.3 is 5.97 Å². The van der Waals surface area contributed by atoms with Crippen LogP contribution in [0.3, 0.4) is 0 Å². The van der Waals surface area contributed by atoms with Gasteiger partial charge in [-0.3, -0.25) is 14.6 Å². The first kappa shape index (κ1) is 40.7. The Morgan fingerprint density at radius 1 is 0.818 bits per heavy atom. The number of aromatic nitrogens is 3. The van der Waals surface area contributed by atoms with Gasteiger partial charge in [0.15, 0.2) is 11.9 Å². The topological polar surface area (TPSA) is 164 Å². The minimum absolute atomic E-state index is 0.0447. The zero-order chi connectivity index (χ0) is 39.4. The number of rotatable bonds is 18. The van der Waals surface area contributed by atoms with Crippen LogP contribution in [0, 0.1) is 0 Å². The van der Waals surface area contributed by atoms with E-state index in [9.17, 15) is 24.6 Å². The lowest BCUT2D eigenvalue weighted by Crippen LogP contribution is -2.54. The molecule has 0 saturated heterocycles. The second-order valence-electron chi connectivity index (χ2n) is 14.5. The van der Waals surface area contributed by atoms with Crippen LogP contribution in [0.1, 0.15) is 91.6 Å². The second-order valence-corrected chi connectivity index (χ2v) is 15.6. The fourth-order valence-corrected chi connectivity index (χ4v) is 6.83. The molecular weight excluding hydrogens is 715 g/mol. The Labute approximate surface area is 326 Å². The Hall–Kier alpha value is -5.46. The van der Waals surface area contributed by atoms with Crippen LogP contribution in [0.15, 0.2) is 97.6 Å². The van der Waals surface area contributed by atoms with Gasteiger partial charge < -0.3 is 25.6 Å². The highest BCUT2D eigenvalue weighted by molar-refractivity contribution is 7.14. The summed E-state index contributed by atoms with van der Waals surface area (Å²) < 4.78 is 5.89. The van der Waals surface area contributed by atoms with Crippen molar-refractivity contribution in [1.82, 2.24) is 25.6 Å². The smallest absolute Gasteiger partial charge is 0.329 e. The first-order valence-electron chi connectivity index (χ1n) is 18.6. The molecule has 0 spiro atoms. The van der Waals surface area contributed by atoms with E-state index >= 15 is 0 Å². The lowest BCUT2D eigenvalue weighted by atomic mass is 9.95. The number of benzene rings is 2. The van der Waals surface area contributed by atoms with Gasteiger partial charge in [-0.15, -0.1) is 11.3 Å². The van der Waals surface area contributed by atoms with E-state index in [0.717, 1.165) is 33.7 Å². The molecule has 55 heavy (non-hydrogen) atoms. The third kappa shape index (κ3) is 11.5. The first-order valence-corrected chi connectivity index (χ1v) is 19.4. The van der Waals surface area contributed by atoms with Crippen molar-refractivity contribution in [3.05, 3.63) is 118 Å². The third-order valence-corrected chi connectivity index (χ3v) is 10.6. The Morgan fingerprint density at radius 2 is 1.51 bits per heavy atom. The van der Waals surface area contributed by atoms with E-state index in [1.165, 1.54) is 55.5 Å². The summed E-state index contributed by atoms with van der Waals surface area (Å²) in [7, 11) is 0. The number of carboxylic acid groups (broad SMARTS) is 1. The van der Waals surface area contributed by atoms with Gasteiger partial charge in [-0.25, -0.2) is 14.8 Å². The molecule has 0 aliphatic carbocycles. The number of aliphatic hydroxyl groups is 1. The second kappa shape index (κ2) is 19.2. The average molecular weight is 764 g/mol. The van der Waals surface area contributed by atoms with Crippen LogP contribution >= 0.6 is 11.3 Å². The highest BCUT2D eigenvalue weighted by atomic mass is 32.1. The SMILES string of the molecule is CCCCCCCOc1ccc(-c2cnc(-c3ccc(CC(NC(=O)c4ccc(C(C)(C)C)s4)C(=O)NC(C(=O)O)C(O)c4cccnc4)cc3)nc2)cc1. The number of hydrogen-bond acceptors (Lipinski definition) is 9. The van der Waals surface area contributed by atoms with Crippen molar-refractivity contribution in [2.75, 3.05) is 6.61 Å². The Kier molecular flexibility index (Phi) is 14.2. The standard InChI is InChI=1S/C43H49N5O6S/c1-5-6-7-8-9-23-54-33-18-16-29(17-19-33)32-26-45-39(46-27-32)30-14-12-28(13-15-30)24-34(47-41(51)35-20-21-36(55-35)43(2,3)4)40(50)48-37(42(52)53)38(49)31-11-10-22-44-25-31/h10-22,25-27,34,37-38,49H,5-9,23-24H2,1-4H3,(H,47,51)(H,48,50)(H,52,53). The number of unbranched alkanes of at least 4 members (excludes halogenated alkanes) is 4. The molecular formula is C43H49N5O6S. The largest absolute Gasteiger partial charge is 0.494 e. The highest BCUT2D eigenvalue weighted by Gasteiger charge is 2.33. The van der Waals surface area contributed by atoms with E-state index < -0.39 is 36.0 Å². The molecule has 0 fully saturated rings. The van der Waals surface area contributed by atoms with E-state index in [1.807, 2.05) is 75.4 Å². The summed E-state index contributed by atoms with van der Waals surface area (Å²) in [6.07, 6.45) is 10.8. The van der Waals surface area contributed by atoms with Crippen LogP contribution < -0.4 is 15.4 Å². The van der Waals surface area contributed by atoms with Gasteiger partial charge in [0.1, 0.15) is 17.9 Å². The summed E-state index contributed by atoms with van der Waals surface area (Å²) >= 11 is 1.33. The van der Waals surface area contributed by atoms with Crippen molar-refractivity contribution >= 4 is 29.1 Å². The molecule has 3 heterocycles. The van der Waals surface area contributed by atoms with Gasteiger partial charge in [0.05, 0.1) is 11.5 Å². The number of pyridine rings is 1. The number of carboxylic acids is 1. The Balaban J connectivity index is 1.27. The molecule has 288 valence electrons. The van der Waals surface area contributed by atoms with Crippen LogP contribution in [0.5, 0.6) is 5.75 Å². The van der Waals surface area contributed by atoms with Crippen LogP contribution in [0.4, 0.5) is 0 Å². The lowest BCUT2D eigenvalue weighted by Gasteiger charge is -2.24. The van der Waals surface area contributed by atoms with Crippen LogP contribution in [-0.2, 0) is 21.4 Å². The zero-order valence-electron chi connectivity index (χ0n) is 31.7. The number of thiophene rings is 1. The number of aliphatic hydroxyl groups excluding tert-OH is 1. The van der Waals surface area contributed by atoms with Gasteiger partial charge in [-0.05, 0) is 53.3 Å². The number of carbonyl (C=O) groups is 3. The zero-order valence-corrected chi connectivity index (χ0v) is 32.5. The Bertz CT molecular complexity index is 1990. The summed E-state index contributed by atoms with van der Waals surface area (Å²) in [5, 5.41) is 26.1. The first-order chi connectivity index (χ1) is 26.4. The van der Waals surface area contributed by atoms with E-state index in [4.69, 9.17) is 4.74 Å². The minimum atomic E-state index is -1.69. The molecule has 3 aromatic heterocycles. The van der Waals surface area contributed by atoms with E-state index in [1.54, 1.807) is 24.5 Å². The molecule has 0 aliphatic heterocycles. The van der Waals surface area contributed by atoms with Crippen molar-refractivity contribution in [1.29, 1.82) is 0 Å². The molecule has 5 rings (SSSR count). The molecule has 0 saturated carbocycles. The summed E-state index contributed by atoms with van der Waals surface area (Å²) in [4.78, 5) is 54.0. The van der Waals surface area contributed by atoms with Gasteiger partial charge in [0, 0.05) is 52.8 Å². The number of ether oxygens (including phenoxy) is 1. The molecule has 3 atom stereocenters. The van der Waals surface area contributed by atoms with E-state index in [-0.39, 0.29) is 17.4 Å².